The Hall–Kier alpha value is -0.120. The van der Waals surface area contributed by atoms with E-state index in [9.17, 15) is 0 Å². The molecular formula is C12H24N2O. The maximum absolute atomic E-state index is 5.59. The normalized spacial score (nSPS) is 36.0. The number of hydrogen-bond donors (Lipinski definition) is 2. The van der Waals surface area contributed by atoms with Crippen molar-refractivity contribution in [3.8, 4) is 0 Å². The number of hydrogen-bond acceptors (Lipinski definition) is 3. The summed E-state index contributed by atoms with van der Waals surface area (Å²) in [5.41, 5.74) is 0.196. The summed E-state index contributed by atoms with van der Waals surface area (Å²) in [7, 11) is 0. The standard InChI is InChI=1S/C12H24N2O/c1-10-12(2,5-8-15-10)14-7-6-13-9-11-3-4-11/h10-11,13-14H,3-9H2,1-2H3. The molecule has 2 fully saturated rings. The highest BCUT2D eigenvalue weighted by molar-refractivity contribution is 4.93. The Morgan fingerprint density at radius 2 is 2.13 bits per heavy atom. The summed E-state index contributed by atoms with van der Waals surface area (Å²) in [6.07, 6.45) is 4.35. The second-order valence-electron chi connectivity index (χ2n) is 5.25. The zero-order chi connectivity index (χ0) is 10.7. The molecule has 2 aliphatic rings. The highest BCUT2D eigenvalue weighted by atomic mass is 16.5. The van der Waals surface area contributed by atoms with E-state index in [0.29, 0.717) is 6.10 Å². The molecular weight excluding hydrogens is 188 g/mol. The summed E-state index contributed by atoms with van der Waals surface area (Å²) in [4.78, 5) is 0. The fourth-order valence-electron chi connectivity index (χ4n) is 2.13. The maximum Gasteiger partial charge on any atom is 0.0726 e. The van der Waals surface area contributed by atoms with Crippen molar-refractivity contribution in [1.82, 2.24) is 10.6 Å². The highest BCUT2D eigenvalue weighted by Gasteiger charge is 2.36. The monoisotopic (exact) mass is 212 g/mol. The first-order valence-electron chi connectivity index (χ1n) is 6.28. The largest absolute Gasteiger partial charge is 0.377 e. The van der Waals surface area contributed by atoms with Crippen LogP contribution in [-0.4, -0.2) is 37.9 Å². The van der Waals surface area contributed by atoms with E-state index in [1.54, 1.807) is 0 Å². The summed E-state index contributed by atoms with van der Waals surface area (Å²) in [6.45, 7) is 8.68. The first-order chi connectivity index (χ1) is 7.21. The molecule has 2 atom stereocenters. The van der Waals surface area contributed by atoms with Gasteiger partial charge in [-0.25, -0.2) is 0 Å². The van der Waals surface area contributed by atoms with Crippen molar-refractivity contribution in [1.29, 1.82) is 0 Å². The lowest BCUT2D eigenvalue weighted by atomic mass is 9.95. The first kappa shape index (κ1) is 11.4. The molecule has 1 aliphatic carbocycles. The molecule has 0 bridgehead atoms. The zero-order valence-corrected chi connectivity index (χ0v) is 10.0. The van der Waals surface area contributed by atoms with Crippen LogP contribution in [0.15, 0.2) is 0 Å². The topological polar surface area (TPSA) is 33.3 Å². The number of rotatable bonds is 6. The second-order valence-corrected chi connectivity index (χ2v) is 5.25. The van der Waals surface area contributed by atoms with Crippen LogP contribution in [0.1, 0.15) is 33.1 Å². The van der Waals surface area contributed by atoms with E-state index in [-0.39, 0.29) is 5.54 Å². The predicted octanol–water partition coefficient (Wildman–Crippen LogP) is 1.14. The Morgan fingerprint density at radius 1 is 1.33 bits per heavy atom. The van der Waals surface area contributed by atoms with Gasteiger partial charge in [0.15, 0.2) is 0 Å². The van der Waals surface area contributed by atoms with Gasteiger partial charge in [0.1, 0.15) is 0 Å². The number of ether oxygens (including phenoxy) is 1. The molecule has 3 heteroatoms. The Labute approximate surface area is 93.0 Å². The van der Waals surface area contributed by atoms with E-state index in [1.807, 2.05) is 0 Å². The van der Waals surface area contributed by atoms with Crippen LogP contribution in [0.5, 0.6) is 0 Å². The first-order valence-corrected chi connectivity index (χ1v) is 6.28. The van der Waals surface area contributed by atoms with Crippen LogP contribution in [0.4, 0.5) is 0 Å². The lowest BCUT2D eigenvalue weighted by Crippen LogP contribution is -2.49. The van der Waals surface area contributed by atoms with Crippen LogP contribution in [0.2, 0.25) is 0 Å². The van der Waals surface area contributed by atoms with Gasteiger partial charge in [0.25, 0.3) is 0 Å². The van der Waals surface area contributed by atoms with E-state index >= 15 is 0 Å². The molecule has 1 saturated heterocycles. The molecule has 2 N–H and O–H groups in total. The molecule has 0 aromatic carbocycles. The van der Waals surface area contributed by atoms with Crippen molar-refractivity contribution >= 4 is 0 Å². The molecule has 0 aromatic rings. The lowest BCUT2D eigenvalue weighted by molar-refractivity contribution is 0.0889. The third-order valence-corrected chi connectivity index (χ3v) is 3.85. The van der Waals surface area contributed by atoms with Crippen molar-refractivity contribution in [2.24, 2.45) is 5.92 Å². The summed E-state index contributed by atoms with van der Waals surface area (Å²) < 4.78 is 5.59. The molecule has 2 unspecified atom stereocenters. The summed E-state index contributed by atoms with van der Waals surface area (Å²) in [6, 6.07) is 0. The van der Waals surface area contributed by atoms with Gasteiger partial charge in [0, 0.05) is 25.2 Å². The fraction of sp³-hybridized carbons (Fsp3) is 1.00. The van der Waals surface area contributed by atoms with E-state index < -0.39 is 0 Å². The molecule has 0 amide bonds. The predicted molar refractivity (Wildman–Crippen MR) is 62.0 cm³/mol. The van der Waals surface area contributed by atoms with Crippen LogP contribution in [0, 0.1) is 5.92 Å². The summed E-state index contributed by atoms with van der Waals surface area (Å²) >= 11 is 0. The van der Waals surface area contributed by atoms with Gasteiger partial charge in [-0.2, -0.15) is 0 Å². The minimum atomic E-state index is 0.196. The van der Waals surface area contributed by atoms with Crippen LogP contribution in [-0.2, 0) is 4.74 Å². The average molecular weight is 212 g/mol. The van der Waals surface area contributed by atoms with Gasteiger partial charge in [-0.15, -0.1) is 0 Å². The Bertz CT molecular complexity index is 206. The molecule has 88 valence electrons. The van der Waals surface area contributed by atoms with Gasteiger partial charge in [-0.05, 0) is 45.6 Å². The van der Waals surface area contributed by atoms with Crippen LogP contribution < -0.4 is 10.6 Å². The zero-order valence-electron chi connectivity index (χ0n) is 10.0. The highest BCUT2D eigenvalue weighted by Crippen LogP contribution is 2.27. The van der Waals surface area contributed by atoms with Gasteiger partial charge in [-0.3, -0.25) is 0 Å². The molecule has 1 saturated carbocycles. The third-order valence-electron chi connectivity index (χ3n) is 3.85. The average Bonchev–Trinajstić information content (AvgIpc) is 2.95. The van der Waals surface area contributed by atoms with Crippen molar-refractivity contribution in [3.63, 3.8) is 0 Å². The van der Waals surface area contributed by atoms with Gasteiger partial charge < -0.3 is 15.4 Å². The SMILES string of the molecule is CC1OCCC1(C)NCCNCC1CC1. The van der Waals surface area contributed by atoms with Gasteiger partial charge in [-0.1, -0.05) is 0 Å². The maximum atomic E-state index is 5.59. The van der Waals surface area contributed by atoms with Crippen molar-refractivity contribution in [2.45, 2.75) is 44.8 Å². The molecule has 1 heterocycles. The van der Waals surface area contributed by atoms with E-state index in [2.05, 4.69) is 24.5 Å². The van der Waals surface area contributed by atoms with Gasteiger partial charge in [0.2, 0.25) is 0 Å². The quantitative estimate of drug-likeness (QED) is 0.648. The lowest BCUT2D eigenvalue weighted by Gasteiger charge is -2.29. The molecule has 15 heavy (non-hydrogen) atoms. The smallest absolute Gasteiger partial charge is 0.0726 e. The Kier molecular flexibility index (Phi) is 3.65. The molecule has 1 aliphatic heterocycles. The Balaban J connectivity index is 1.55. The Morgan fingerprint density at radius 3 is 2.73 bits per heavy atom. The third kappa shape index (κ3) is 3.16. The van der Waals surface area contributed by atoms with Gasteiger partial charge >= 0.3 is 0 Å². The second kappa shape index (κ2) is 4.81. The van der Waals surface area contributed by atoms with E-state index in [4.69, 9.17) is 4.74 Å². The van der Waals surface area contributed by atoms with E-state index in [0.717, 1.165) is 32.0 Å². The van der Waals surface area contributed by atoms with Crippen molar-refractivity contribution in [3.05, 3.63) is 0 Å². The molecule has 3 nitrogen and oxygen atoms in total. The summed E-state index contributed by atoms with van der Waals surface area (Å²) in [5, 5.41) is 7.11. The number of nitrogens with one attached hydrogen (secondary N) is 2. The van der Waals surface area contributed by atoms with Gasteiger partial charge in [0.05, 0.1) is 6.10 Å². The van der Waals surface area contributed by atoms with E-state index in [1.165, 1.54) is 19.4 Å². The molecule has 0 aromatic heterocycles. The minimum absolute atomic E-state index is 0.196. The minimum Gasteiger partial charge on any atom is -0.377 e. The van der Waals surface area contributed by atoms with Crippen LogP contribution in [0.25, 0.3) is 0 Å². The fourth-order valence-corrected chi connectivity index (χ4v) is 2.13. The van der Waals surface area contributed by atoms with Crippen molar-refractivity contribution < 1.29 is 4.74 Å². The van der Waals surface area contributed by atoms with Crippen LogP contribution in [0.3, 0.4) is 0 Å². The molecule has 2 rings (SSSR count). The molecule has 0 spiro atoms. The molecule has 0 radical (unpaired) electrons. The van der Waals surface area contributed by atoms with Crippen LogP contribution >= 0.6 is 0 Å². The summed E-state index contributed by atoms with van der Waals surface area (Å²) in [5.74, 6) is 0.981. The van der Waals surface area contributed by atoms with Crippen molar-refractivity contribution in [2.75, 3.05) is 26.2 Å².